The van der Waals surface area contributed by atoms with Crippen LogP contribution >= 0.6 is 11.6 Å². The Bertz CT molecular complexity index is 1800. The first-order valence-corrected chi connectivity index (χ1v) is 15.3. The number of alkyl halides is 3. The Hall–Kier alpha value is -4.08. The number of rotatable bonds is 11. The van der Waals surface area contributed by atoms with E-state index in [0.29, 0.717) is 23.7 Å². The number of aryl methyl sites for hydroxylation is 2. The summed E-state index contributed by atoms with van der Waals surface area (Å²) in [6, 6.07) is 14.3. The van der Waals surface area contributed by atoms with Gasteiger partial charge in [-0.1, -0.05) is 63.6 Å². The molecule has 4 aromatic rings. The number of hydrogen-bond acceptors (Lipinski definition) is 6. The zero-order valence-electron chi connectivity index (χ0n) is 26.6. The molecule has 0 aliphatic carbocycles. The van der Waals surface area contributed by atoms with Gasteiger partial charge in [-0.2, -0.15) is 13.2 Å². The van der Waals surface area contributed by atoms with Crippen LogP contribution < -0.4 is 14.9 Å². The summed E-state index contributed by atoms with van der Waals surface area (Å²) in [7, 11) is 0. The van der Waals surface area contributed by atoms with Gasteiger partial charge in [-0.3, -0.25) is 9.69 Å². The third-order valence-corrected chi connectivity index (χ3v) is 7.52. The zero-order valence-corrected chi connectivity index (χ0v) is 27.4. The molecule has 0 aliphatic heterocycles. The van der Waals surface area contributed by atoms with Crippen LogP contribution in [-0.4, -0.2) is 24.0 Å². The van der Waals surface area contributed by atoms with Gasteiger partial charge in [0, 0.05) is 30.7 Å². The average Bonchev–Trinajstić information content (AvgIpc) is 2.95. The summed E-state index contributed by atoms with van der Waals surface area (Å²) in [4.78, 5) is 28.7. The van der Waals surface area contributed by atoms with Gasteiger partial charge >= 0.3 is 12.1 Å². The molecule has 0 saturated carbocycles. The van der Waals surface area contributed by atoms with Crippen LogP contribution in [0.4, 0.5) is 13.2 Å². The zero-order chi connectivity index (χ0) is 33.8. The molecule has 10 heteroatoms. The molecule has 1 aromatic heterocycles. The van der Waals surface area contributed by atoms with Crippen LogP contribution in [0.5, 0.6) is 17.2 Å². The molecular weight excluding hydrogens is 619 g/mol. The minimum absolute atomic E-state index is 0.0297. The average molecular weight is 656 g/mol. The van der Waals surface area contributed by atoms with Crippen LogP contribution in [0, 0.1) is 25.7 Å². The van der Waals surface area contributed by atoms with E-state index in [-0.39, 0.29) is 46.4 Å². The van der Waals surface area contributed by atoms with Crippen LogP contribution in [0.25, 0.3) is 17.0 Å². The van der Waals surface area contributed by atoms with Crippen molar-refractivity contribution in [2.45, 2.75) is 54.3 Å². The predicted molar refractivity (Wildman–Crippen MR) is 175 cm³/mol. The molecule has 0 aliphatic rings. The number of esters is 1. The molecule has 0 spiro atoms. The van der Waals surface area contributed by atoms with E-state index in [4.69, 9.17) is 25.5 Å². The van der Waals surface area contributed by atoms with Gasteiger partial charge in [-0.15, -0.1) is 0 Å². The third kappa shape index (κ3) is 8.59. The van der Waals surface area contributed by atoms with Crippen molar-refractivity contribution in [1.82, 2.24) is 4.90 Å². The number of nitrogens with zero attached hydrogens (tertiary/aromatic N) is 1. The molecule has 0 saturated heterocycles. The summed E-state index contributed by atoms with van der Waals surface area (Å²) in [5, 5.41) is 0.290. The number of ether oxygens (including phenoxy) is 2. The Kier molecular flexibility index (Phi) is 11.0. The van der Waals surface area contributed by atoms with Crippen molar-refractivity contribution in [3.05, 3.63) is 104 Å². The Morgan fingerprint density at radius 3 is 2.26 bits per heavy atom. The number of carbonyl (C=O) groups excluding carboxylic acids is 1. The minimum Gasteiger partial charge on any atom is -0.449 e. The maximum Gasteiger partial charge on any atom is 0.453 e. The lowest BCUT2D eigenvalue weighted by Crippen LogP contribution is -2.31. The van der Waals surface area contributed by atoms with Gasteiger partial charge in [0.15, 0.2) is 0 Å². The lowest BCUT2D eigenvalue weighted by Gasteiger charge is -2.27. The minimum atomic E-state index is -5.07. The Morgan fingerprint density at radius 2 is 1.65 bits per heavy atom. The van der Waals surface area contributed by atoms with E-state index in [2.05, 4.69) is 0 Å². The van der Waals surface area contributed by atoms with E-state index in [1.165, 1.54) is 30.4 Å². The molecule has 6 nitrogen and oxygen atoms in total. The summed E-state index contributed by atoms with van der Waals surface area (Å²) < 4.78 is 60.4. The van der Waals surface area contributed by atoms with Crippen molar-refractivity contribution in [2.24, 2.45) is 11.8 Å². The maximum absolute atomic E-state index is 14.5. The smallest absolute Gasteiger partial charge is 0.449 e. The van der Waals surface area contributed by atoms with E-state index in [1.54, 1.807) is 43.3 Å². The highest BCUT2D eigenvalue weighted by Crippen LogP contribution is 2.40. The first kappa shape index (κ1) is 34.8. The molecule has 0 bridgehead atoms. The van der Waals surface area contributed by atoms with Gasteiger partial charge in [-0.25, -0.2) is 4.79 Å². The number of benzene rings is 3. The lowest BCUT2D eigenvalue weighted by atomic mass is 10.1. The van der Waals surface area contributed by atoms with E-state index in [9.17, 15) is 22.8 Å². The van der Waals surface area contributed by atoms with Crippen LogP contribution in [0.3, 0.4) is 0 Å². The van der Waals surface area contributed by atoms with Gasteiger partial charge in [0.05, 0.1) is 10.9 Å². The second-order valence-corrected chi connectivity index (χ2v) is 12.5. The number of halogens is 4. The molecule has 244 valence electrons. The van der Waals surface area contributed by atoms with Crippen LogP contribution in [0.15, 0.2) is 69.9 Å². The van der Waals surface area contributed by atoms with Gasteiger partial charge in [0.25, 0.3) is 5.76 Å². The summed E-state index contributed by atoms with van der Waals surface area (Å²) in [6.45, 7) is 13.0. The summed E-state index contributed by atoms with van der Waals surface area (Å²) in [6.07, 6.45) is -2.42. The summed E-state index contributed by atoms with van der Waals surface area (Å²) >= 11 is 6.19. The van der Waals surface area contributed by atoms with Crippen molar-refractivity contribution >= 4 is 34.6 Å². The molecule has 0 amide bonds. The highest BCUT2D eigenvalue weighted by atomic mass is 35.5. The van der Waals surface area contributed by atoms with Crippen molar-refractivity contribution in [2.75, 3.05) is 13.1 Å². The molecule has 1 heterocycles. The highest BCUT2D eigenvalue weighted by molar-refractivity contribution is 6.32. The second kappa shape index (κ2) is 14.6. The molecular formula is C36H37ClF3NO5. The predicted octanol–water partition coefficient (Wildman–Crippen LogP) is 9.61. The Morgan fingerprint density at radius 1 is 0.978 bits per heavy atom. The van der Waals surface area contributed by atoms with Crippen molar-refractivity contribution < 1.29 is 31.9 Å². The van der Waals surface area contributed by atoms with E-state index in [1.807, 2.05) is 39.5 Å². The van der Waals surface area contributed by atoms with E-state index < -0.39 is 29.1 Å². The molecule has 0 radical (unpaired) electrons. The van der Waals surface area contributed by atoms with Crippen molar-refractivity contribution in [3.63, 3.8) is 0 Å². The topological polar surface area (TPSA) is 69.0 Å². The lowest BCUT2D eigenvalue weighted by molar-refractivity contribution is -0.154. The number of carbonyl (C=O) groups is 1. The fraction of sp³-hybridized carbons (Fsp3) is 0.333. The molecule has 0 fully saturated rings. The normalized spacial score (nSPS) is 12.2. The first-order chi connectivity index (χ1) is 21.6. The highest BCUT2D eigenvalue weighted by Gasteiger charge is 2.41. The first-order valence-electron chi connectivity index (χ1n) is 15.0. The molecule has 3 aromatic carbocycles. The van der Waals surface area contributed by atoms with E-state index in [0.717, 1.165) is 11.1 Å². The van der Waals surface area contributed by atoms with Gasteiger partial charge in [0.2, 0.25) is 11.2 Å². The van der Waals surface area contributed by atoms with Gasteiger partial charge < -0.3 is 13.9 Å². The molecule has 4 rings (SSSR count). The largest absolute Gasteiger partial charge is 0.453 e. The maximum atomic E-state index is 14.5. The Balaban J connectivity index is 1.88. The van der Waals surface area contributed by atoms with Crippen LogP contribution in [0.2, 0.25) is 5.02 Å². The molecule has 46 heavy (non-hydrogen) atoms. The van der Waals surface area contributed by atoms with Gasteiger partial charge in [0.1, 0.15) is 17.1 Å². The number of fused-ring (bicyclic) bond motifs is 1. The molecule has 0 atom stereocenters. The van der Waals surface area contributed by atoms with Gasteiger partial charge in [-0.05, 0) is 78.8 Å². The van der Waals surface area contributed by atoms with Crippen molar-refractivity contribution in [3.8, 4) is 17.2 Å². The summed E-state index contributed by atoms with van der Waals surface area (Å²) in [5.74, 6) is -2.86. The third-order valence-electron chi connectivity index (χ3n) is 7.18. The number of hydrogen-bond donors (Lipinski definition) is 0. The fourth-order valence-electron chi connectivity index (χ4n) is 5.07. The Labute approximate surface area is 271 Å². The monoisotopic (exact) mass is 655 g/mol. The second-order valence-electron chi connectivity index (χ2n) is 12.1. The van der Waals surface area contributed by atoms with Crippen molar-refractivity contribution in [1.29, 1.82) is 0 Å². The molecule has 0 N–H and O–H groups in total. The fourth-order valence-corrected chi connectivity index (χ4v) is 5.27. The SMILES string of the molecule is Cc1ccc(Oc2c(C(F)(F)F)oc3c(CN(CC(C)C)CC(C)C)c(OC(=O)C=Cc4ccccc4Cl)ccc3c2=O)cc1C. The van der Waals surface area contributed by atoms with Crippen LogP contribution in [0.1, 0.15) is 55.7 Å². The standard InChI is InChI=1S/C36H37ClF3NO5/c1-21(2)18-41(19-22(3)4)20-28-30(45-31(42)16-12-25-9-7-8-10-29(25)37)15-14-27-32(43)34(35(36(38,39)40)46-33(27)28)44-26-13-11-23(5)24(6)17-26/h7-17,21-22H,18-20H2,1-6H3. The van der Waals surface area contributed by atoms with E-state index >= 15 is 0 Å². The summed E-state index contributed by atoms with van der Waals surface area (Å²) in [5.41, 5.74) is 1.08. The quantitative estimate of drug-likeness (QED) is 0.0911. The van der Waals surface area contributed by atoms with Crippen LogP contribution in [-0.2, 0) is 17.5 Å². The molecule has 0 unspecified atom stereocenters.